The first-order valence-electron chi connectivity index (χ1n) is 13.3. The Morgan fingerprint density at radius 2 is 1.39 bits per heavy atom. The van der Waals surface area contributed by atoms with Crippen molar-refractivity contribution in [1.82, 2.24) is 15.1 Å². The minimum Gasteiger partial charge on any atom is -0.480 e. The Morgan fingerprint density at radius 1 is 0.842 bits per heavy atom. The van der Waals surface area contributed by atoms with Crippen LogP contribution in [0.25, 0.3) is 0 Å². The first kappa shape index (κ1) is 27.3. The third kappa shape index (κ3) is 6.77. The zero-order chi connectivity index (χ0) is 27.1. The highest BCUT2D eigenvalue weighted by molar-refractivity contribution is 5.94. The summed E-state index contributed by atoms with van der Waals surface area (Å²) in [5.74, 6) is -2.00. The van der Waals surface area contributed by atoms with Crippen molar-refractivity contribution in [2.45, 2.75) is 69.1 Å². The molecule has 9 heteroatoms. The fraction of sp³-hybridized carbons (Fsp3) is 0.448. The maximum Gasteiger partial charge on any atom is 0.326 e. The Balaban J connectivity index is 1.46. The maximum atomic E-state index is 13.8. The minimum atomic E-state index is -1.02. The number of carboxylic acids is 1. The smallest absolute Gasteiger partial charge is 0.326 e. The first-order chi connectivity index (χ1) is 18.3. The number of hydrogen-bond acceptors (Lipinski definition) is 5. The van der Waals surface area contributed by atoms with Crippen molar-refractivity contribution in [1.29, 1.82) is 0 Å². The van der Waals surface area contributed by atoms with Gasteiger partial charge in [-0.05, 0) is 43.2 Å². The van der Waals surface area contributed by atoms with E-state index in [2.05, 4.69) is 5.32 Å². The minimum absolute atomic E-state index is 0.0594. The van der Waals surface area contributed by atoms with Crippen LogP contribution in [-0.2, 0) is 32.0 Å². The van der Waals surface area contributed by atoms with E-state index in [-0.39, 0.29) is 30.6 Å². The molecule has 4 atom stereocenters. The molecule has 0 spiro atoms. The number of nitrogens with one attached hydrogen (secondary N) is 1. The van der Waals surface area contributed by atoms with Gasteiger partial charge in [0, 0.05) is 32.0 Å². The molecule has 2 aromatic rings. The van der Waals surface area contributed by atoms with Crippen LogP contribution in [0.3, 0.4) is 0 Å². The van der Waals surface area contributed by atoms with Gasteiger partial charge in [-0.25, -0.2) is 4.79 Å². The lowest BCUT2D eigenvalue weighted by atomic mass is 10.0. The van der Waals surface area contributed by atoms with E-state index in [1.54, 1.807) is 0 Å². The largest absolute Gasteiger partial charge is 0.480 e. The third-order valence-electron chi connectivity index (χ3n) is 7.35. The monoisotopic (exact) mass is 520 g/mol. The molecule has 0 aromatic heterocycles. The summed E-state index contributed by atoms with van der Waals surface area (Å²) in [5, 5.41) is 12.4. The number of aliphatic carboxylic acids is 1. The Kier molecular flexibility index (Phi) is 9.12. The predicted octanol–water partition coefficient (Wildman–Crippen LogP) is 1.74. The van der Waals surface area contributed by atoms with E-state index in [1.807, 2.05) is 60.7 Å². The summed E-state index contributed by atoms with van der Waals surface area (Å²) < 4.78 is 0. The number of rotatable bonds is 10. The van der Waals surface area contributed by atoms with Crippen LogP contribution in [0, 0.1) is 0 Å². The van der Waals surface area contributed by atoms with E-state index in [4.69, 9.17) is 5.73 Å². The van der Waals surface area contributed by atoms with E-state index < -0.39 is 30.1 Å². The van der Waals surface area contributed by atoms with Gasteiger partial charge >= 0.3 is 5.97 Å². The molecule has 0 radical (unpaired) electrons. The lowest BCUT2D eigenvalue weighted by Crippen LogP contribution is -2.56. The van der Waals surface area contributed by atoms with Crippen molar-refractivity contribution in [3.63, 3.8) is 0 Å². The van der Waals surface area contributed by atoms with Gasteiger partial charge in [0.05, 0.1) is 0 Å². The molecule has 0 aliphatic carbocycles. The van der Waals surface area contributed by atoms with Crippen LogP contribution in [0.5, 0.6) is 0 Å². The Morgan fingerprint density at radius 3 is 2.00 bits per heavy atom. The second-order valence-corrected chi connectivity index (χ2v) is 10.2. The van der Waals surface area contributed by atoms with Crippen molar-refractivity contribution >= 4 is 23.7 Å². The second-order valence-electron chi connectivity index (χ2n) is 10.2. The Labute approximate surface area is 223 Å². The number of likely N-dealkylation sites (tertiary alicyclic amines) is 2. The molecule has 0 bridgehead atoms. The van der Waals surface area contributed by atoms with Gasteiger partial charge in [0.2, 0.25) is 17.7 Å². The summed E-state index contributed by atoms with van der Waals surface area (Å²) in [6.45, 7) is 0.757. The van der Waals surface area contributed by atoms with Gasteiger partial charge in [-0.15, -0.1) is 0 Å². The van der Waals surface area contributed by atoms with E-state index >= 15 is 0 Å². The van der Waals surface area contributed by atoms with Crippen LogP contribution in [0.2, 0.25) is 0 Å². The molecule has 4 rings (SSSR count). The number of carbonyl (C=O) groups excluding carboxylic acids is 3. The molecule has 2 heterocycles. The van der Waals surface area contributed by atoms with Gasteiger partial charge in [0.1, 0.15) is 18.1 Å². The average molecular weight is 521 g/mol. The van der Waals surface area contributed by atoms with Crippen LogP contribution >= 0.6 is 0 Å². The number of carbonyl (C=O) groups is 4. The molecule has 2 aromatic carbocycles. The van der Waals surface area contributed by atoms with E-state index in [0.717, 1.165) is 11.1 Å². The lowest BCUT2D eigenvalue weighted by molar-refractivity contribution is -0.152. The fourth-order valence-electron chi connectivity index (χ4n) is 5.50. The first-order valence-corrected chi connectivity index (χ1v) is 13.3. The molecule has 3 amide bonds. The van der Waals surface area contributed by atoms with Gasteiger partial charge in [0.25, 0.3) is 0 Å². The molecule has 2 fully saturated rings. The van der Waals surface area contributed by atoms with Crippen LogP contribution in [0.4, 0.5) is 0 Å². The van der Waals surface area contributed by atoms with Crippen molar-refractivity contribution in [3.05, 3.63) is 71.8 Å². The molecule has 2 saturated heterocycles. The standard InChI is InChI=1S/C29H36N4O5/c30-22(17-20-9-3-1-4-10-20)19-26(34)31-23(18-21-11-5-2-6-12-21)27(35)32-15-7-13-24(32)28(36)33-16-8-14-25(33)29(37)38/h1-6,9-12,22-25H,7-8,13-19,30H2,(H,31,34)(H,37,38)/t22-,23-,24-,25+/m0/s1. The molecule has 9 nitrogen and oxygen atoms in total. The van der Waals surface area contributed by atoms with Gasteiger partial charge in [-0.1, -0.05) is 60.7 Å². The molecule has 202 valence electrons. The summed E-state index contributed by atoms with van der Waals surface area (Å²) in [5.41, 5.74) is 8.16. The van der Waals surface area contributed by atoms with Crippen molar-refractivity contribution in [3.8, 4) is 0 Å². The molecule has 38 heavy (non-hydrogen) atoms. The van der Waals surface area contributed by atoms with E-state index in [9.17, 15) is 24.3 Å². The van der Waals surface area contributed by atoms with E-state index in [1.165, 1.54) is 9.80 Å². The summed E-state index contributed by atoms with van der Waals surface area (Å²) in [6.07, 6.45) is 3.02. The Hall–Kier alpha value is -3.72. The van der Waals surface area contributed by atoms with Crippen molar-refractivity contribution in [2.75, 3.05) is 13.1 Å². The molecular formula is C29H36N4O5. The SMILES string of the molecule is N[C@H](CC(=O)N[C@@H](Cc1ccccc1)C(=O)N1CCC[C@H]1C(=O)N1CCC[C@@H]1C(=O)O)Cc1ccccc1. The highest BCUT2D eigenvalue weighted by Gasteiger charge is 2.43. The number of carboxylic acid groups (broad SMARTS) is 1. The van der Waals surface area contributed by atoms with Crippen molar-refractivity contribution < 1.29 is 24.3 Å². The molecule has 2 aliphatic heterocycles. The van der Waals surface area contributed by atoms with Crippen LogP contribution in [-0.4, -0.2) is 75.9 Å². The topological polar surface area (TPSA) is 133 Å². The highest BCUT2D eigenvalue weighted by Crippen LogP contribution is 2.26. The van der Waals surface area contributed by atoms with E-state index in [0.29, 0.717) is 45.2 Å². The number of benzene rings is 2. The highest BCUT2D eigenvalue weighted by atomic mass is 16.4. The number of nitrogens with two attached hydrogens (primary N) is 1. The quantitative estimate of drug-likeness (QED) is 0.437. The molecule has 0 unspecified atom stereocenters. The van der Waals surface area contributed by atoms with Gasteiger partial charge in [-0.2, -0.15) is 0 Å². The average Bonchev–Trinajstić information content (AvgIpc) is 3.59. The lowest BCUT2D eigenvalue weighted by Gasteiger charge is -2.32. The third-order valence-corrected chi connectivity index (χ3v) is 7.35. The summed E-state index contributed by atoms with van der Waals surface area (Å²) in [7, 11) is 0. The summed E-state index contributed by atoms with van der Waals surface area (Å²) in [6, 6.07) is 16.2. The van der Waals surface area contributed by atoms with Gasteiger partial charge in [0.15, 0.2) is 0 Å². The fourth-order valence-corrected chi connectivity index (χ4v) is 5.50. The molecule has 2 aliphatic rings. The second kappa shape index (κ2) is 12.7. The maximum absolute atomic E-state index is 13.8. The summed E-state index contributed by atoms with van der Waals surface area (Å²) in [4.78, 5) is 54.7. The number of amides is 3. The predicted molar refractivity (Wildman–Crippen MR) is 142 cm³/mol. The number of nitrogens with zero attached hydrogens (tertiary/aromatic N) is 2. The van der Waals surface area contributed by atoms with Gasteiger partial charge in [-0.3, -0.25) is 14.4 Å². The van der Waals surface area contributed by atoms with Crippen LogP contribution in [0.1, 0.15) is 43.2 Å². The molecular weight excluding hydrogens is 484 g/mol. The van der Waals surface area contributed by atoms with Crippen molar-refractivity contribution in [2.24, 2.45) is 5.73 Å². The zero-order valence-corrected chi connectivity index (χ0v) is 21.5. The summed E-state index contributed by atoms with van der Waals surface area (Å²) >= 11 is 0. The van der Waals surface area contributed by atoms with Gasteiger partial charge < -0.3 is 26.0 Å². The number of hydrogen-bond donors (Lipinski definition) is 3. The van der Waals surface area contributed by atoms with Crippen LogP contribution < -0.4 is 11.1 Å². The van der Waals surface area contributed by atoms with Crippen LogP contribution in [0.15, 0.2) is 60.7 Å². The molecule has 0 saturated carbocycles. The molecule has 4 N–H and O–H groups in total. The zero-order valence-electron chi connectivity index (χ0n) is 21.5. The Bertz CT molecular complexity index is 1130. The normalized spacial score (nSPS) is 20.7.